The first-order valence-electron chi connectivity index (χ1n) is 6.18. The number of amides is 1. The number of nitrogens with one attached hydrogen (secondary N) is 1. The molecule has 0 saturated heterocycles. The average Bonchev–Trinajstić information content (AvgIpc) is 2.40. The number of hydrogen-bond acceptors (Lipinski definition) is 3. The number of hydrogen-bond donors (Lipinski definition) is 2. The van der Waals surface area contributed by atoms with Crippen LogP contribution >= 0.6 is 15.9 Å². The molecule has 0 saturated carbocycles. The number of benzene rings is 1. The van der Waals surface area contributed by atoms with E-state index in [-0.39, 0.29) is 5.91 Å². The molecule has 1 rings (SSSR count). The zero-order valence-corrected chi connectivity index (χ0v) is 13.2. The molecule has 2 atom stereocenters. The number of anilines is 1. The van der Waals surface area contributed by atoms with Gasteiger partial charge in [-0.25, -0.2) is 0 Å². The average molecular weight is 344 g/mol. The fourth-order valence-corrected chi connectivity index (χ4v) is 2.13. The Bertz CT molecular complexity index is 504. The number of rotatable bonds is 6. The fraction of sp³-hybridized carbons (Fsp3) is 0.429. The normalized spacial score (nSPS) is 13.6. The molecule has 0 aliphatic heterocycles. The Morgan fingerprint density at radius 2 is 2.00 bits per heavy atom. The van der Waals surface area contributed by atoms with Crippen LogP contribution in [0.2, 0.25) is 0 Å². The maximum absolute atomic E-state index is 12.1. The van der Waals surface area contributed by atoms with Gasteiger partial charge in [0.15, 0.2) is 0 Å². The van der Waals surface area contributed by atoms with Gasteiger partial charge in [0.25, 0.3) is 0 Å². The van der Waals surface area contributed by atoms with Gasteiger partial charge >= 0.3 is 5.97 Å². The monoisotopic (exact) mass is 343 g/mol. The Hall–Kier alpha value is -1.40. The van der Waals surface area contributed by atoms with Crippen LogP contribution in [0.5, 0.6) is 0 Å². The number of halogens is 1. The lowest BCUT2D eigenvalue weighted by molar-refractivity contribution is -0.145. The van der Waals surface area contributed by atoms with Crippen LogP contribution in [0.25, 0.3) is 0 Å². The van der Waals surface area contributed by atoms with E-state index in [1.165, 1.54) is 6.92 Å². The van der Waals surface area contributed by atoms with Crippen molar-refractivity contribution in [1.82, 2.24) is 0 Å². The van der Waals surface area contributed by atoms with Gasteiger partial charge in [0, 0.05) is 28.8 Å². The summed E-state index contributed by atoms with van der Waals surface area (Å²) in [5.41, 5.74) is 1.44. The lowest BCUT2D eigenvalue weighted by atomic mass is 9.95. The van der Waals surface area contributed by atoms with Crippen molar-refractivity contribution in [3.8, 4) is 0 Å². The predicted octanol–water partition coefficient (Wildman–Crippen LogP) is 2.89. The summed E-state index contributed by atoms with van der Waals surface area (Å²) in [6.45, 7) is 3.46. The van der Waals surface area contributed by atoms with Crippen molar-refractivity contribution in [2.45, 2.75) is 20.5 Å². The van der Waals surface area contributed by atoms with Crippen molar-refractivity contribution < 1.29 is 19.4 Å². The van der Waals surface area contributed by atoms with Crippen LogP contribution in [0.3, 0.4) is 0 Å². The SMILES string of the molecule is COCc1c(Br)cccc1NC(=O)C(C)C(C)C(=O)O. The lowest BCUT2D eigenvalue weighted by Gasteiger charge is -2.18. The van der Waals surface area contributed by atoms with Crippen LogP contribution in [0.4, 0.5) is 5.69 Å². The molecule has 5 nitrogen and oxygen atoms in total. The quantitative estimate of drug-likeness (QED) is 0.832. The Balaban J connectivity index is 2.90. The molecule has 2 unspecified atom stereocenters. The lowest BCUT2D eigenvalue weighted by Crippen LogP contribution is -2.30. The van der Waals surface area contributed by atoms with Crippen LogP contribution in [0, 0.1) is 11.8 Å². The van der Waals surface area contributed by atoms with E-state index in [4.69, 9.17) is 9.84 Å². The van der Waals surface area contributed by atoms with E-state index in [9.17, 15) is 9.59 Å². The topological polar surface area (TPSA) is 75.6 Å². The van der Waals surface area contributed by atoms with Crippen LogP contribution < -0.4 is 5.32 Å². The highest BCUT2D eigenvalue weighted by Gasteiger charge is 2.26. The van der Waals surface area contributed by atoms with Crippen LogP contribution in [-0.2, 0) is 20.9 Å². The van der Waals surface area contributed by atoms with E-state index in [1.54, 1.807) is 26.2 Å². The molecule has 0 aliphatic carbocycles. The van der Waals surface area contributed by atoms with Crippen molar-refractivity contribution >= 4 is 33.5 Å². The zero-order valence-electron chi connectivity index (χ0n) is 11.6. The highest BCUT2D eigenvalue weighted by Crippen LogP contribution is 2.26. The summed E-state index contributed by atoms with van der Waals surface area (Å²) in [4.78, 5) is 23.0. The van der Waals surface area contributed by atoms with Crippen molar-refractivity contribution in [1.29, 1.82) is 0 Å². The van der Waals surface area contributed by atoms with Gasteiger partial charge in [0.2, 0.25) is 5.91 Å². The van der Waals surface area contributed by atoms with Gasteiger partial charge in [0.05, 0.1) is 12.5 Å². The second-order valence-corrected chi connectivity index (χ2v) is 5.46. The summed E-state index contributed by atoms with van der Waals surface area (Å²) in [7, 11) is 1.57. The molecule has 110 valence electrons. The first-order valence-corrected chi connectivity index (χ1v) is 6.97. The minimum Gasteiger partial charge on any atom is -0.481 e. The van der Waals surface area contributed by atoms with Gasteiger partial charge in [-0.05, 0) is 12.1 Å². The van der Waals surface area contributed by atoms with Crippen molar-refractivity contribution in [2.24, 2.45) is 11.8 Å². The summed E-state index contributed by atoms with van der Waals surface area (Å²) in [6.07, 6.45) is 0. The molecule has 1 aromatic rings. The summed E-state index contributed by atoms with van der Waals surface area (Å²) in [5.74, 6) is -2.68. The van der Waals surface area contributed by atoms with Crippen molar-refractivity contribution in [2.75, 3.05) is 12.4 Å². The molecule has 1 aromatic carbocycles. The second kappa shape index (κ2) is 7.40. The molecule has 0 fully saturated rings. The molecule has 0 aliphatic rings. The standard InChI is InChI=1S/C14H18BrNO4/c1-8(9(2)14(18)19)13(17)16-12-6-4-5-11(15)10(12)7-20-3/h4-6,8-9H,7H2,1-3H3,(H,16,17)(H,18,19). The Labute approximate surface area is 126 Å². The van der Waals surface area contributed by atoms with Gasteiger partial charge < -0.3 is 15.2 Å². The summed E-state index contributed by atoms with van der Waals surface area (Å²) >= 11 is 3.40. The molecule has 0 heterocycles. The third-order valence-corrected chi connectivity index (χ3v) is 3.96. The number of methoxy groups -OCH3 is 1. The smallest absolute Gasteiger partial charge is 0.307 e. The van der Waals surface area contributed by atoms with E-state index in [0.29, 0.717) is 12.3 Å². The number of carbonyl (C=O) groups excluding carboxylic acids is 1. The van der Waals surface area contributed by atoms with Crippen molar-refractivity contribution in [3.05, 3.63) is 28.2 Å². The minimum absolute atomic E-state index is 0.324. The van der Waals surface area contributed by atoms with Gasteiger partial charge in [-0.1, -0.05) is 35.8 Å². The minimum atomic E-state index is -0.987. The molecular formula is C14H18BrNO4. The van der Waals surface area contributed by atoms with Crippen molar-refractivity contribution in [3.63, 3.8) is 0 Å². The number of carboxylic acid groups (broad SMARTS) is 1. The molecule has 6 heteroatoms. The summed E-state index contributed by atoms with van der Waals surface area (Å²) < 4.78 is 5.93. The van der Waals surface area contributed by atoms with Crippen LogP contribution in [0.15, 0.2) is 22.7 Å². The number of carboxylic acids is 1. The zero-order chi connectivity index (χ0) is 15.3. The van der Waals surface area contributed by atoms with E-state index in [1.807, 2.05) is 6.07 Å². The fourth-order valence-electron chi connectivity index (χ4n) is 1.65. The van der Waals surface area contributed by atoms with E-state index < -0.39 is 17.8 Å². The second-order valence-electron chi connectivity index (χ2n) is 4.60. The molecule has 0 bridgehead atoms. The Kier molecular flexibility index (Phi) is 6.16. The van der Waals surface area contributed by atoms with Crippen LogP contribution in [0.1, 0.15) is 19.4 Å². The first kappa shape index (κ1) is 16.7. The number of carbonyl (C=O) groups is 2. The Morgan fingerprint density at radius 3 is 2.55 bits per heavy atom. The third-order valence-electron chi connectivity index (χ3n) is 3.22. The molecule has 20 heavy (non-hydrogen) atoms. The molecule has 2 N–H and O–H groups in total. The van der Waals surface area contributed by atoms with Gasteiger partial charge in [-0.15, -0.1) is 0 Å². The molecule has 0 radical (unpaired) electrons. The maximum Gasteiger partial charge on any atom is 0.307 e. The Morgan fingerprint density at radius 1 is 1.35 bits per heavy atom. The van der Waals surface area contributed by atoms with Gasteiger partial charge in [-0.3, -0.25) is 9.59 Å². The summed E-state index contributed by atoms with van der Waals surface area (Å²) in [6, 6.07) is 5.41. The predicted molar refractivity (Wildman–Crippen MR) is 79.4 cm³/mol. The van der Waals surface area contributed by atoms with E-state index in [2.05, 4.69) is 21.2 Å². The number of aliphatic carboxylic acids is 1. The molecule has 0 aromatic heterocycles. The highest BCUT2D eigenvalue weighted by molar-refractivity contribution is 9.10. The molecule has 0 spiro atoms. The molecular weight excluding hydrogens is 326 g/mol. The van der Waals surface area contributed by atoms with Crippen LogP contribution in [-0.4, -0.2) is 24.1 Å². The third kappa shape index (κ3) is 4.05. The van der Waals surface area contributed by atoms with Gasteiger partial charge in [-0.2, -0.15) is 0 Å². The maximum atomic E-state index is 12.1. The van der Waals surface area contributed by atoms with Gasteiger partial charge in [0.1, 0.15) is 0 Å². The van der Waals surface area contributed by atoms with E-state index >= 15 is 0 Å². The largest absolute Gasteiger partial charge is 0.481 e. The first-order chi connectivity index (χ1) is 9.38. The van der Waals surface area contributed by atoms with E-state index in [0.717, 1.165) is 10.0 Å². The summed E-state index contributed by atoms with van der Waals surface area (Å²) in [5, 5.41) is 11.7. The molecule has 1 amide bonds. The number of ether oxygens (including phenoxy) is 1. The highest BCUT2D eigenvalue weighted by atomic mass is 79.9.